The van der Waals surface area contributed by atoms with Crippen molar-refractivity contribution in [3.63, 3.8) is 0 Å². The van der Waals surface area contributed by atoms with Crippen LogP contribution < -0.4 is 10.1 Å². The summed E-state index contributed by atoms with van der Waals surface area (Å²) in [5.74, 6) is 0.254. The number of hydrogen-bond donors (Lipinski definition) is 1. The van der Waals surface area contributed by atoms with Gasteiger partial charge in [0.25, 0.3) is 0 Å². The van der Waals surface area contributed by atoms with Gasteiger partial charge >= 0.3 is 0 Å². The number of ether oxygens (including phenoxy) is 1. The number of para-hydroxylation sites is 1. The van der Waals surface area contributed by atoms with Gasteiger partial charge in [-0.1, -0.05) is 12.1 Å². The minimum absolute atomic E-state index is 0.174. The molecule has 1 saturated carbocycles. The molecule has 1 atom stereocenters. The van der Waals surface area contributed by atoms with Crippen LogP contribution in [0, 0.1) is 17.2 Å². The second-order valence-corrected chi connectivity index (χ2v) is 6.41. The summed E-state index contributed by atoms with van der Waals surface area (Å²) >= 11 is 0. The lowest BCUT2D eigenvalue weighted by molar-refractivity contribution is -0.132. The maximum Gasteiger partial charge on any atom is 0.226 e. The number of likely N-dealkylation sites (N-methyl/N-ethyl adjacent to an activating group) is 1. The highest BCUT2D eigenvalue weighted by Crippen LogP contribution is 2.59. The zero-order valence-corrected chi connectivity index (χ0v) is 13.0. The molecule has 1 spiro atoms. The van der Waals surface area contributed by atoms with E-state index in [-0.39, 0.29) is 28.8 Å². The Morgan fingerprint density at radius 2 is 2.14 bits per heavy atom. The van der Waals surface area contributed by atoms with E-state index >= 15 is 0 Å². The number of hydrogen-bond acceptors (Lipinski definition) is 3. The minimum Gasteiger partial charge on any atom is -0.489 e. The number of carbonyl (C=O) groups excluding carboxylic acids is 1. The number of rotatable bonds is 5. The fourth-order valence-electron chi connectivity index (χ4n) is 3.40. The van der Waals surface area contributed by atoms with E-state index in [0.29, 0.717) is 13.2 Å². The monoisotopic (exact) mass is 306 g/mol. The molecule has 2 fully saturated rings. The summed E-state index contributed by atoms with van der Waals surface area (Å²) in [6.07, 6.45) is 3.22. The highest BCUT2D eigenvalue weighted by molar-refractivity contribution is 5.82. The first-order valence-corrected chi connectivity index (χ1v) is 7.95. The topological polar surface area (TPSA) is 41.6 Å². The predicted molar refractivity (Wildman–Crippen MR) is 82.2 cm³/mol. The van der Waals surface area contributed by atoms with E-state index < -0.39 is 0 Å². The Labute approximate surface area is 130 Å². The van der Waals surface area contributed by atoms with Crippen LogP contribution >= 0.6 is 0 Å². The quantitative estimate of drug-likeness (QED) is 0.905. The van der Waals surface area contributed by atoms with Crippen molar-refractivity contribution < 1.29 is 13.9 Å². The Balaban J connectivity index is 1.45. The Hall–Kier alpha value is -1.62. The van der Waals surface area contributed by atoms with E-state index in [9.17, 15) is 9.18 Å². The summed E-state index contributed by atoms with van der Waals surface area (Å²) < 4.78 is 18.9. The normalized spacial score (nSPS) is 22.4. The summed E-state index contributed by atoms with van der Waals surface area (Å²) in [7, 11) is 1.81. The van der Waals surface area contributed by atoms with Gasteiger partial charge in [0, 0.05) is 13.0 Å². The molecular weight excluding hydrogens is 283 g/mol. The maximum atomic E-state index is 13.4. The molecule has 1 aromatic rings. The van der Waals surface area contributed by atoms with E-state index in [1.54, 1.807) is 30.1 Å². The van der Waals surface area contributed by atoms with E-state index in [0.717, 1.165) is 32.4 Å². The fraction of sp³-hybridized carbons (Fsp3) is 0.588. The molecule has 0 bridgehead atoms. The van der Waals surface area contributed by atoms with Crippen LogP contribution in [0.5, 0.6) is 5.75 Å². The number of amides is 1. The predicted octanol–water partition coefficient (Wildman–Crippen LogP) is 2.05. The van der Waals surface area contributed by atoms with Crippen molar-refractivity contribution in [1.29, 1.82) is 0 Å². The number of piperidine rings is 1. The van der Waals surface area contributed by atoms with Crippen molar-refractivity contribution in [3.8, 4) is 5.75 Å². The second-order valence-electron chi connectivity index (χ2n) is 6.41. The third kappa shape index (κ3) is 3.09. The average molecular weight is 306 g/mol. The van der Waals surface area contributed by atoms with Crippen molar-refractivity contribution in [2.75, 3.05) is 33.3 Å². The van der Waals surface area contributed by atoms with Gasteiger partial charge in [-0.15, -0.1) is 0 Å². The molecule has 5 heteroatoms. The first-order valence-electron chi connectivity index (χ1n) is 7.95. The first kappa shape index (κ1) is 15.3. The lowest BCUT2D eigenvalue weighted by Gasteiger charge is -2.25. The largest absolute Gasteiger partial charge is 0.489 e. The van der Waals surface area contributed by atoms with Crippen LogP contribution in [0.15, 0.2) is 24.3 Å². The zero-order chi connectivity index (χ0) is 15.6. The van der Waals surface area contributed by atoms with E-state index in [1.165, 1.54) is 6.07 Å². The van der Waals surface area contributed by atoms with E-state index in [1.807, 2.05) is 0 Å². The fourth-order valence-corrected chi connectivity index (χ4v) is 3.40. The van der Waals surface area contributed by atoms with Crippen LogP contribution in [-0.4, -0.2) is 44.1 Å². The molecule has 1 amide bonds. The number of nitrogens with one attached hydrogen (secondary N) is 1. The van der Waals surface area contributed by atoms with E-state index in [4.69, 9.17) is 4.74 Å². The van der Waals surface area contributed by atoms with Gasteiger partial charge in [0.05, 0.1) is 6.54 Å². The van der Waals surface area contributed by atoms with Gasteiger partial charge in [0.2, 0.25) is 5.91 Å². The van der Waals surface area contributed by atoms with Crippen molar-refractivity contribution in [2.45, 2.75) is 19.3 Å². The summed E-state index contributed by atoms with van der Waals surface area (Å²) in [5, 5.41) is 3.35. The maximum absolute atomic E-state index is 13.4. The SMILES string of the molecule is CN(CCOc1ccccc1F)C(=O)C1CC12CCNCC2. The molecule has 1 aliphatic carbocycles. The number of halogens is 1. The molecule has 0 radical (unpaired) electrons. The van der Waals surface area contributed by atoms with Crippen LogP contribution in [0.1, 0.15) is 19.3 Å². The zero-order valence-electron chi connectivity index (χ0n) is 13.0. The smallest absolute Gasteiger partial charge is 0.226 e. The van der Waals surface area contributed by atoms with Crippen LogP contribution in [0.25, 0.3) is 0 Å². The number of nitrogens with zero attached hydrogens (tertiary/aromatic N) is 1. The number of benzene rings is 1. The molecule has 0 aromatic heterocycles. The summed E-state index contributed by atoms with van der Waals surface area (Å²) in [5.41, 5.74) is 0.253. The molecule has 120 valence electrons. The number of carbonyl (C=O) groups is 1. The molecule has 1 N–H and O–H groups in total. The Bertz CT molecular complexity index is 543. The minimum atomic E-state index is -0.368. The van der Waals surface area contributed by atoms with Gasteiger partial charge in [-0.2, -0.15) is 0 Å². The van der Waals surface area contributed by atoms with Gasteiger partial charge < -0.3 is 15.0 Å². The first-order chi connectivity index (χ1) is 10.6. The highest BCUT2D eigenvalue weighted by Gasteiger charge is 2.58. The third-order valence-electron chi connectivity index (χ3n) is 4.98. The summed E-state index contributed by atoms with van der Waals surface area (Å²) in [6, 6.07) is 6.33. The van der Waals surface area contributed by atoms with Crippen LogP contribution in [-0.2, 0) is 4.79 Å². The van der Waals surface area contributed by atoms with Gasteiger partial charge in [-0.3, -0.25) is 4.79 Å². The Morgan fingerprint density at radius 3 is 2.86 bits per heavy atom. The van der Waals surface area contributed by atoms with Gasteiger partial charge in [0.15, 0.2) is 11.6 Å². The van der Waals surface area contributed by atoms with Crippen molar-refractivity contribution >= 4 is 5.91 Å². The molecule has 1 aromatic carbocycles. The molecular formula is C17H23FN2O2. The molecule has 4 nitrogen and oxygen atoms in total. The molecule has 1 aliphatic heterocycles. The molecule has 1 unspecified atom stereocenters. The Kier molecular flexibility index (Phi) is 4.34. The van der Waals surface area contributed by atoms with Crippen LogP contribution in [0.3, 0.4) is 0 Å². The van der Waals surface area contributed by atoms with Gasteiger partial charge in [0.1, 0.15) is 6.61 Å². The lowest BCUT2D eigenvalue weighted by Crippen LogP contribution is -2.36. The second kappa shape index (κ2) is 6.24. The van der Waals surface area contributed by atoms with Crippen LogP contribution in [0.4, 0.5) is 4.39 Å². The summed E-state index contributed by atoms with van der Waals surface area (Å²) in [4.78, 5) is 14.2. The van der Waals surface area contributed by atoms with Crippen LogP contribution in [0.2, 0.25) is 0 Å². The van der Waals surface area contributed by atoms with Crippen molar-refractivity contribution in [3.05, 3.63) is 30.1 Å². The van der Waals surface area contributed by atoms with Crippen molar-refractivity contribution in [1.82, 2.24) is 10.2 Å². The molecule has 1 saturated heterocycles. The highest BCUT2D eigenvalue weighted by atomic mass is 19.1. The molecule has 2 aliphatic rings. The summed E-state index contributed by atoms with van der Waals surface area (Å²) in [6.45, 7) is 2.83. The molecule has 1 heterocycles. The van der Waals surface area contributed by atoms with E-state index in [2.05, 4.69) is 5.32 Å². The van der Waals surface area contributed by atoms with Gasteiger partial charge in [-0.05, 0) is 49.9 Å². The average Bonchev–Trinajstić information content (AvgIpc) is 3.22. The van der Waals surface area contributed by atoms with Gasteiger partial charge in [-0.25, -0.2) is 4.39 Å². The van der Waals surface area contributed by atoms with Crippen molar-refractivity contribution in [2.24, 2.45) is 11.3 Å². The molecule has 22 heavy (non-hydrogen) atoms. The Morgan fingerprint density at radius 1 is 1.41 bits per heavy atom. The standard InChI is InChI=1S/C17H23FN2O2/c1-20(10-11-22-15-5-3-2-4-14(15)18)16(21)13-12-17(13)6-8-19-9-7-17/h2-5,13,19H,6-12H2,1H3. The molecule has 3 rings (SSSR count). The third-order valence-corrected chi connectivity index (χ3v) is 4.98. The lowest BCUT2D eigenvalue weighted by atomic mass is 9.91.